The van der Waals surface area contributed by atoms with Gasteiger partial charge in [-0.2, -0.15) is 5.10 Å². The molecule has 2 nitrogen and oxygen atoms in total. The summed E-state index contributed by atoms with van der Waals surface area (Å²) < 4.78 is 2.06. The van der Waals surface area contributed by atoms with Crippen LogP contribution in [0, 0.1) is 24.7 Å². The first-order valence-electron chi connectivity index (χ1n) is 7.16. The predicted octanol–water partition coefficient (Wildman–Crippen LogP) is 3.20. The third-order valence-corrected chi connectivity index (χ3v) is 5.70. The molecule has 4 saturated carbocycles. The van der Waals surface area contributed by atoms with Crippen LogP contribution in [-0.2, 0) is 12.5 Å². The Bertz CT molecular complexity index is 403. The SMILES string of the molecule is Cc1cc(C23CC4CC(CC(C4)C2)C3)nn1C. The first kappa shape index (κ1) is 10.2. The highest BCUT2D eigenvalue weighted by Crippen LogP contribution is 2.60. The third-order valence-electron chi connectivity index (χ3n) is 5.70. The van der Waals surface area contributed by atoms with Gasteiger partial charge >= 0.3 is 0 Å². The summed E-state index contributed by atoms with van der Waals surface area (Å²) in [6, 6.07) is 2.35. The zero-order valence-corrected chi connectivity index (χ0v) is 10.9. The third kappa shape index (κ3) is 1.36. The van der Waals surface area contributed by atoms with E-state index in [2.05, 4.69) is 24.7 Å². The maximum atomic E-state index is 4.82. The van der Waals surface area contributed by atoms with Gasteiger partial charge in [-0.05, 0) is 69.3 Å². The summed E-state index contributed by atoms with van der Waals surface area (Å²) in [6.07, 6.45) is 8.83. The Morgan fingerprint density at radius 2 is 1.65 bits per heavy atom. The van der Waals surface area contributed by atoms with E-state index >= 15 is 0 Å². The normalized spacial score (nSPS) is 43.3. The van der Waals surface area contributed by atoms with Crippen LogP contribution in [0.5, 0.6) is 0 Å². The molecule has 2 heteroatoms. The Morgan fingerprint density at radius 3 is 2.06 bits per heavy atom. The lowest BCUT2D eigenvalue weighted by atomic mass is 9.49. The van der Waals surface area contributed by atoms with Gasteiger partial charge in [-0.3, -0.25) is 4.68 Å². The summed E-state index contributed by atoms with van der Waals surface area (Å²) in [5.74, 6) is 3.05. The zero-order chi connectivity index (χ0) is 11.6. The molecule has 0 N–H and O–H groups in total. The van der Waals surface area contributed by atoms with Gasteiger partial charge in [-0.1, -0.05) is 0 Å². The van der Waals surface area contributed by atoms with Crippen LogP contribution in [0.3, 0.4) is 0 Å². The monoisotopic (exact) mass is 230 g/mol. The fourth-order valence-corrected chi connectivity index (χ4v) is 5.24. The number of hydrogen-bond donors (Lipinski definition) is 0. The highest BCUT2D eigenvalue weighted by molar-refractivity contribution is 5.24. The molecule has 4 aliphatic rings. The van der Waals surface area contributed by atoms with Gasteiger partial charge in [-0.25, -0.2) is 0 Å². The van der Waals surface area contributed by atoms with Crippen LogP contribution in [0.1, 0.15) is 49.9 Å². The predicted molar refractivity (Wildman–Crippen MR) is 67.8 cm³/mol. The molecule has 0 atom stereocenters. The lowest BCUT2D eigenvalue weighted by Gasteiger charge is -2.56. The smallest absolute Gasteiger partial charge is 0.0689 e. The summed E-state index contributed by atoms with van der Waals surface area (Å²) in [5.41, 5.74) is 3.20. The van der Waals surface area contributed by atoms with Gasteiger partial charge in [0.15, 0.2) is 0 Å². The Labute approximate surface area is 103 Å². The van der Waals surface area contributed by atoms with Crippen molar-refractivity contribution in [2.75, 3.05) is 0 Å². The van der Waals surface area contributed by atoms with E-state index in [-0.39, 0.29) is 0 Å². The van der Waals surface area contributed by atoms with E-state index in [0.717, 1.165) is 17.8 Å². The highest BCUT2D eigenvalue weighted by atomic mass is 15.3. The number of aromatic nitrogens is 2. The van der Waals surface area contributed by atoms with Crippen molar-refractivity contribution in [2.45, 2.75) is 50.9 Å². The van der Waals surface area contributed by atoms with E-state index in [0.29, 0.717) is 5.41 Å². The van der Waals surface area contributed by atoms with Crippen molar-refractivity contribution >= 4 is 0 Å². The molecule has 17 heavy (non-hydrogen) atoms. The first-order chi connectivity index (χ1) is 8.14. The lowest BCUT2D eigenvalue weighted by molar-refractivity contribution is -0.00742. The topological polar surface area (TPSA) is 17.8 Å². The highest BCUT2D eigenvalue weighted by Gasteiger charge is 2.52. The van der Waals surface area contributed by atoms with Crippen LogP contribution < -0.4 is 0 Å². The first-order valence-corrected chi connectivity index (χ1v) is 7.16. The van der Waals surface area contributed by atoms with Crippen molar-refractivity contribution in [3.63, 3.8) is 0 Å². The molecule has 0 saturated heterocycles. The summed E-state index contributed by atoms with van der Waals surface area (Å²) >= 11 is 0. The van der Waals surface area contributed by atoms with Crippen LogP contribution in [0.2, 0.25) is 0 Å². The molecule has 1 aromatic heterocycles. The van der Waals surface area contributed by atoms with Crippen molar-refractivity contribution in [3.05, 3.63) is 17.5 Å². The molecule has 4 fully saturated rings. The summed E-state index contributed by atoms with van der Waals surface area (Å²) in [7, 11) is 2.08. The molecule has 0 amide bonds. The van der Waals surface area contributed by atoms with Gasteiger partial charge in [0, 0.05) is 18.2 Å². The minimum atomic E-state index is 0.473. The Balaban J connectivity index is 1.77. The molecule has 0 radical (unpaired) electrons. The van der Waals surface area contributed by atoms with Gasteiger partial charge < -0.3 is 0 Å². The maximum Gasteiger partial charge on any atom is 0.0689 e. The molecule has 0 aromatic carbocycles. The average molecular weight is 230 g/mol. The molecule has 4 bridgehead atoms. The van der Waals surface area contributed by atoms with Crippen LogP contribution >= 0.6 is 0 Å². The molecule has 92 valence electrons. The minimum Gasteiger partial charge on any atom is -0.273 e. The molecule has 5 rings (SSSR count). The number of rotatable bonds is 1. The fraction of sp³-hybridized carbons (Fsp3) is 0.800. The molecule has 1 heterocycles. The summed E-state index contributed by atoms with van der Waals surface area (Å²) in [5, 5.41) is 4.82. The second-order valence-electron chi connectivity index (χ2n) is 6.99. The number of nitrogens with zero attached hydrogens (tertiary/aromatic N) is 2. The van der Waals surface area contributed by atoms with Crippen molar-refractivity contribution in [1.82, 2.24) is 9.78 Å². The molecular formula is C15H22N2. The molecular weight excluding hydrogens is 208 g/mol. The van der Waals surface area contributed by atoms with Crippen molar-refractivity contribution in [3.8, 4) is 0 Å². The fourth-order valence-electron chi connectivity index (χ4n) is 5.24. The molecule has 0 spiro atoms. The van der Waals surface area contributed by atoms with Gasteiger partial charge in [0.1, 0.15) is 0 Å². The Morgan fingerprint density at radius 1 is 1.12 bits per heavy atom. The molecule has 0 aliphatic heterocycles. The van der Waals surface area contributed by atoms with Crippen LogP contribution in [0.15, 0.2) is 6.07 Å². The number of hydrogen-bond acceptors (Lipinski definition) is 1. The lowest BCUT2D eigenvalue weighted by Crippen LogP contribution is -2.48. The quantitative estimate of drug-likeness (QED) is 0.724. The van der Waals surface area contributed by atoms with Gasteiger partial charge in [0.05, 0.1) is 5.69 Å². The molecule has 1 aromatic rings. The van der Waals surface area contributed by atoms with E-state index in [1.807, 2.05) is 0 Å². The van der Waals surface area contributed by atoms with Crippen LogP contribution in [0.25, 0.3) is 0 Å². The van der Waals surface area contributed by atoms with Gasteiger partial charge in [0.25, 0.3) is 0 Å². The minimum absolute atomic E-state index is 0.473. The average Bonchev–Trinajstić information content (AvgIpc) is 2.58. The zero-order valence-electron chi connectivity index (χ0n) is 10.9. The van der Waals surface area contributed by atoms with E-state index < -0.39 is 0 Å². The Kier molecular flexibility index (Phi) is 1.88. The maximum absolute atomic E-state index is 4.82. The van der Waals surface area contributed by atoms with E-state index in [1.165, 1.54) is 49.9 Å². The van der Waals surface area contributed by atoms with E-state index in [9.17, 15) is 0 Å². The molecule has 4 aliphatic carbocycles. The summed E-state index contributed by atoms with van der Waals surface area (Å²) in [4.78, 5) is 0. The van der Waals surface area contributed by atoms with E-state index in [1.54, 1.807) is 0 Å². The number of aryl methyl sites for hydroxylation is 2. The van der Waals surface area contributed by atoms with Gasteiger partial charge in [0.2, 0.25) is 0 Å². The van der Waals surface area contributed by atoms with E-state index in [4.69, 9.17) is 5.10 Å². The largest absolute Gasteiger partial charge is 0.273 e. The summed E-state index contributed by atoms with van der Waals surface area (Å²) in [6.45, 7) is 2.18. The second kappa shape index (κ2) is 3.15. The van der Waals surface area contributed by atoms with Gasteiger partial charge in [-0.15, -0.1) is 0 Å². The van der Waals surface area contributed by atoms with Crippen LogP contribution in [-0.4, -0.2) is 9.78 Å². The van der Waals surface area contributed by atoms with Crippen molar-refractivity contribution < 1.29 is 0 Å². The van der Waals surface area contributed by atoms with Crippen molar-refractivity contribution in [1.29, 1.82) is 0 Å². The Hall–Kier alpha value is -0.790. The molecule has 0 unspecified atom stereocenters. The standard InChI is InChI=1S/C15H22N2/c1-10-3-14(16-17(10)2)15-7-11-4-12(8-15)6-13(5-11)9-15/h3,11-13H,4-9H2,1-2H3. The van der Waals surface area contributed by atoms with Crippen LogP contribution in [0.4, 0.5) is 0 Å². The van der Waals surface area contributed by atoms with Crippen molar-refractivity contribution in [2.24, 2.45) is 24.8 Å². The second-order valence-corrected chi connectivity index (χ2v) is 6.99.